The fourth-order valence-corrected chi connectivity index (χ4v) is 1.80. The zero-order valence-corrected chi connectivity index (χ0v) is 12.2. The molecule has 114 valence electrons. The number of nitrogens with two attached hydrogens (primary N) is 1. The summed E-state index contributed by atoms with van der Waals surface area (Å²) in [6.45, 7) is 2.12. The van der Waals surface area contributed by atoms with E-state index in [9.17, 15) is 0 Å². The highest BCUT2D eigenvalue weighted by Gasteiger charge is 2.13. The quantitative estimate of drug-likeness (QED) is 0.562. The van der Waals surface area contributed by atoms with Gasteiger partial charge in [0.2, 0.25) is 0 Å². The zero-order chi connectivity index (χ0) is 15.1. The van der Waals surface area contributed by atoms with E-state index in [2.05, 4.69) is 15.5 Å². The number of benzene rings is 1. The first kappa shape index (κ1) is 15.2. The molecule has 8 heteroatoms. The molecule has 0 aliphatic rings. The zero-order valence-electron chi connectivity index (χ0n) is 12.2. The van der Waals surface area contributed by atoms with Crippen LogP contribution in [-0.4, -0.2) is 54.2 Å². The fraction of sp³-hybridized carbons (Fsp3) is 0.462. The largest absolute Gasteiger partial charge is 0.497 e. The predicted molar refractivity (Wildman–Crippen MR) is 76.9 cm³/mol. The Morgan fingerprint density at radius 2 is 2.05 bits per heavy atom. The van der Waals surface area contributed by atoms with Crippen molar-refractivity contribution in [2.24, 2.45) is 0 Å². The molecule has 0 bridgehead atoms. The molecule has 0 aliphatic heterocycles. The summed E-state index contributed by atoms with van der Waals surface area (Å²) in [6.07, 6.45) is 0. The molecule has 0 unspecified atom stereocenters. The van der Waals surface area contributed by atoms with Crippen LogP contribution in [0.4, 0.5) is 5.69 Å². The van der Waals surface area contributed by atoms with Gasteiger partial charge in [0.25, 0.3) is 0 Å². The molecule has 0 saturated carbocycles. The molecule has 21 heavy (non-hydrogen) atoms. The molecule has 2 rings (SSSR count). The SMILES string of the molecule is COCCOCCn1nnnc1-c1cc(OC)ccc1N. The first-order valence-electron chi connectivity index (χ1n) is 6.53. The summed E-state index contributed by atoms with van der Waals surface area (Å²) in [6, 6.07) is 5.37. The van der Waals surface area contributed by atoms with E-state index in [0.717, 1.165) is 5.56 Å². The Kier molecular flexibility index (Phi) is 5.47. The summed E-state index contributed by atoms with van der Waals surface area (Å²) < 4.78 is 17.2. The van der Waals surface area contributed by atoms with E-state index >= 15 is 0 Å². The molecule has 0 spiro atoms. The van der Waals surface area contributed by atoms with Gasteiger partial charge >= 0.3 is 0 Å². The Morgan fingerprint density at radius 1 is 1.19 bits per heavy atom. The van der Waals surface area contributed by atoms with Crippen molar-refractivity contribution in [2.45, 2.75) is 6.54 Å². The minimum atomic E-state index is 0.491. The van der Waals surface area contributed by atoms with Crippen molar-refractivity contribution >= 4 is 5.69 Å². The minimum absolute atomic E-state index is 0.491. The summed E-state index contributed by atoms with van der Waals surface area (Å²) in [5.41, 5.74) is 7.31. The molecule has 8 nitrogen and oxygen atoms in total. The van der Waals surface area contributed by atoms with Crippen molar-refractivity contribution in [2.75, 3.05) is 39.8 Å². The van der Waals surface area contributed by atoms with Gasteiger partial charge in [-0.15, -0.1) is 5.10 Å². The molecular weight excluding hydrogens is 274 g/mol. The van der Waals surface area contributed by atoms with Gasteiger partial charge in [0, 0.05) is 18.4 Å². The maximum Gasteiger partial charge on any atom is 0.184 e. The number of nitrogens with zero attached hydrogens (tertiary/aromatic N) is 4. The third kappa shape index (κ3) is 3.89. The van der Waals surface area contributed by atoms with Gasteiger partial charge in [0.15, 0.2) is 5.82 Å². The van der Waals surface area contributed by atoms with Gasteiger partial charge in [-0.1, -0.05) is 0 Å². The summed E-state index contributed by atoms with van der Waals surface area (Å²) in [5, 5.41) is 11.7. The van der Waals surface area contributed by atoms with Crippen LogP contribution in [-0.2, 0) is 16.0 Å². The molecule has 1 aromatic heterocycles. The Bertz CT molecular complexity index is 573. The number of tetrazole rings is 1. The maximum atomic E-state index is 5.99. The number of hydrogen-bond acceptors (Lipinski definition) is 7. The lowest BCUT2D eigenvalue weighted by molar-refractivity contribution is 0.0654. The lowest BCUT2D eigenvalue weighted by Gasteiger charge is -2.09. The lowest BCUT2D eigenvalue weighted by atomic mass is 10.1. The van der Waals surface area contributed by atoms with E-state index in [-0.39, 0.29) is 0 Å². The van der Waals surface area contributed by atoms with Gasteiger partial charge in [0.1, 0.15) is 5.75 Å². The van der Waals surface area contributed by atoms with Gasteiger partial charge in [-0.2, -0.15) is 0 Å². The number of nitrogen functional groups attached to an aromatic ring is 1. The summed E-state index contributed by atoms with van der Waals surface area (Å²) in [4.78, 5) is 0. The molecule has 0 radical (unpaired) electrons. The lowest BCUT2D eigenvalue weighted by Crippen LogP contribution is -2.12. The van der Waals surface area contributed by atoms with Crippen LogP contribution in [0, 0.1) is 0 Å². The van der Waals surface area contributed by atoms with Crippen LogP contribution in [0.15, 0.2) is 18.2 Å². The van der Waals surface area contributed by atoms with Crippen molar-refractivity contribution in [3.05, 3.63) is 18.2 Å². The van der Waals surface area contributed by atoms with Crippen molar-refractivity contribution in [1.82, 2.24) is 20.2 Å². The van der Waals surface area contributed by atoms with Crippen molar-refractivity contribution in [3.63, 3.8) is 0 Å². The van der Waals surface area contributed by atoms with E-state index in [1.807, 2.05) is 6.07 Å². The summed E-state index contributed by atoms with van der Waals surface area (Å²) in [7, 11) is 3.23. The summed E-state index contributed by atoms with van der Waals surface area (Å²) >= 11 is 0. The van der Waals surface area contributed by atoms with Gasteiger partial charge in [-0.25, -0.2) is 4.68 Å². The molecule has 0 atom stereocenters. The van der Waals surface area contributed by atoms with Crippen LogP contribution < -0.4 is 10.5 Å². The number of rotatable bonds is 8. The van der Waals surface area contributed by atoms with Crippen LogP contribution in [0.5, 0.6) is 5.75 Å². The second kappa shape index (κ2) is 7.55. The van der Waals surface area contributed by atoms with E-state index < -0.39 is 0 Å². The Hall–Kier alpha value is -2.19. The van der Waals surface area contributed by atoms with Crippen LogP contribution >= 0.6 is 0 Å². The fourth-order valence-electron chi connectivity index (χ4n) is 1.80. The molecular formula is C13H19N5O3. The second-order valence-electron chi connectivity index (χ2n) is 4.28. The molecule has 0 aliphatic carbocycles. The van der Waals surface area contributed by atoms with E-state index in [4.69, 9.17) is 19.9 Å². The van der Waals surface area contributed by atoms with Crippen LogP contribution in [0.3, 0.4) is 0 Å². The first-order valence-corrected chi connectivity index (χ1v) is 6.53. The highest BCUT2D eigenvalue weighted by atomic mass is 16.5. The van der Waals surface area contributed by atoms with Gasteiger partial charge in [0.05, 0.1) is 33.5 Å². The molecule has 2 aromatic rings. The number of methoxy groups -OCH3 is 2. The van der Waals surface area contributed by atoms with Gasteiger partial charge < -0.3 is 19.9 Å². The number of anilines is 1. The minimum Gasteiger partial charge on any atom is -0.497 e. The molecule has 0 amide bonds. The van der Waals surface area contributed by atoms with E-state index in [0.29, 0.717) is 43.6 Å². The Morgan fingerprint density at radius 3 is 2.81 bits per heavy atom. The van der Waals surface area contributed by atoms with Crippen LogP contribution in [0.1, 0.15) is 0 Å². The summed E-state index contributed by atoms with van der Waals surface area (Å²) in [5.74, 6) is 1.28. The first-order chi connectivity index (χ1) is 10.3. The highest BCUT2D eigenvalue weighted by molar-refractivity contribution is 5.72. The maximum absolute atomic E-state index is 5.99. The standard InChI is InChI=1S/C13H19N5O3/c1-19-7-8-21-6-5-18-13(15-16-17-18)11-9-10(20-2)3-4-12(11)14/h3-4,9H,5-8,14H2,1-2H3. The highest BCUT2D eigenvalue weighted by Crippen LogP contribution is 2.27. The van der Waals surface area contributed by atoms with E-state index in [1.54, 1.807) is 31.0 Å². The molecule has 2 N–H and O–H groups in total. The monoisotopic (exact) mass is 293 g/mol. The normalized spacial score (nSPS) is 10.8. The number of aromatic nitrogens is 4. The van der Waals surface area contributed by atoms with Crippen LogP contribution in [0.25, 0.3) is 11.4 Å². The number of hydrogen-bond donors (Lipinski definition) is 1. The van der Waals surface area contributed by atoms with Crippen molar-refractivity contribution in [3.8, 4) is 17.1 Å². The smallest absolute Gasteiger partial charge is 0.184 e. The topological polar surface area (TPSA) is 97.3 Å². The predicted octanol–water partition coefficient (Wildman–Crippen LogP) is 0.594. The van der Waals surface area contributed by atoms with Crippen LogP contribution in [0.2, 0.25) is 0 Å². The third-order valence-corrected chi connectivity index (χ3v) is 2.91. The van der Waals surface area contributed by atoms with E-state index in [1.165, 1.54) is 0 Å². The molecule has 0 fully saturated rings. The Labute approximate surface area is 122 Å². The number of ether oxygens (including phenoxy) is 3. The molecule has 1 aromatic carbocycles. The average Bonchev–Trinajstić information content (AvgIpc) is 2.96. The van der Waals surface area contributed by atoms with Gasteiger partial charge in [-0.3, -0.25) is 0 Å². The van der Waals surface area contributed by atoms with Crippen molar-refractivity contribution in [1.29, 1.82) is 0 Å². The molecule has 0 saturated heterocycles. The third-order valence-electron chi connectivity index (χ3n) is 2.91. The average molecular weight is 293 g/mol. The molecule has 1 heterocycles. The Balaban J connectivity index is 2.09. The second-order valence-corrected chi connectivity index (χ2v) is 4.28. The van der Waals surface area contributed by atoms with Crippen molar-refractivity contribution < 1.29 is 14.2 Å². The van der Waals surface area contributed by atoms with Gasteiger partial charge in [-0.05, 0) is 28.6 Å².